The van der Waals surface area contributed by atoms with Gasteiger partial charge in [-0.1, -0.05) is 33.6 Å². The predicted octanol–water partition coefficient (Wildman–Crippen LogP) is 4.26. The maximum atomic E-state index is 12.0. The van der Waals surface area contributed by atoms with Crippen LogP contribution < -0.4 is 5.73 Å². The second-order valence-corrected chi connectivity index (χ2v) is 7.82. The average Bonchev–Trinajstić information content (AvgIpc) is 2.63. The first kappa shape index (κ1) is 25.5. The predicted molar refractivity (Wildman–Crippen MR) is 108 cm³/mol. The van der Waals surface area contributed by atoms with Gasteiger partial charge in [0.15, 0.2) is 5.78 Å². The molecular formula is C21H43NO4. The van der Waals surface area contributed by atoms with Crippen LogP contribution in [0.5, 0.6) is 0 Å². The standard InChI is InChI=1S/C21H43NO4/c1-8-11-12-17(4)26-18(5)16-25-20(6,9-2)13-14-24-21(7,10-3)19(23)15-22/h17-18H,8-16,22H2,1-7H3. The molecule has 0 aromatic carbocycles. The van der Waals surface area contributed by atoms with Gasteiger partial charge in [-0.2, -0.15) is 0 Å². The lowest BCUT2D eigenvalue weighted by Gasteiger charge is -2.33. The summed E-state index contributed by atoms with van der Waals surface area (Å²) in [7, 11) is 0. The number of hydrogen-bond donors (Lipinski definition) is 1. The molecule has 0 aliphatic rings. The van der Waals surface area contributed by atoms with Crippen LogP contribution in [0.1, 0.15) is 87.0 Å². The number of ketones is 1. The van der Waals surface area contributed by atoms with Crippen LogP contribution in [0, 0.1) is 0 Å². The molecule has 4 unspecified atom stereocenters. The highest BCUT2D eigenvalue weighted by Crippen LogP contribution is 2.24. The minimum atomic E-state index is -0.797. The molecule has 0 amide bonds. The van der Waals surface area contributed by atoms with Gasteiger partial charge in [0.25, 0.3) is 0 Å². The van der Waals surface area contributed by atoms with E-state index in [-0.39, 0.29) is 30.1 Å². The fourth-order valence-electron chi connectivity index (χ4n) is 2.75. The second-order valence-electron chi connectivity index (χ2n) is 7.82. The Morgan fingerprint density at radius 3 is 2.19 bits per heavy atom. The number of nitrogens with two attached hydrogens (primary N) is 1. The van der Waals surface area contributed by atoms with E-state index in [1.54, 1.807) is 0 Å². The van der Waals surface area contributed by atoms with Crippen molar-refractivity contribution in [3.05, 3.63) is 0 Å². The largest absolute Gasteiger partial charge is 0.373 e. The third kappa shape index (κ3) is 9.45. The SMILES string of the molecule is CCCCC(C)OC(C)COC(C)(CC)CCOC(C)(CC)C(=O)CN. The molecule has 0 aromatic rings. The van der Waals surface area contributed by atoms with Crippen molar-refractivity contribution in [1.82, 2.24) is 0 Å². The topological polar surface area (TPSA) is 70.8 Å². The van der Waals surface area contributed by atoms with Crippen LogP contribution >= 0.6 is 0 Å². The summed E-state index contributed by atoms with van der Waals surface area (Å²) in [5, 5.41) is 0. The quantitative estimate of drug-likeness (QED) is 0.438. The Hall–Kier alpha value is -0.490. The molecule has 0 aliphatic heterocycles. The minimum absolute atomic E-state index is 0.0109. The Morgan fingerprint density at radius 2 is 1.69 bits per heavy atom. The van der Waals surface area contributed by atoms with E-state index in [4.69, 9.17) is 19.9 Å². The summed E-state index contributed by atoms with van der Waals surface area (Å²) in [4.78, 5) is 12.0. The van der Waals surface area contributed by atoms with Crippen molar-refractivity contribution in [3.63, 3.8) is 0 Å². The van der Waals surface area contributed by atoms with Gasteiger partial charge >= 0.3 is 0 Å². The lowest BCUT2D eigenvalue weighted by Crippen LogP contribution is -2.43. The van der Waals surface area contributed by atoms with Crippen LogP contribution in [0.3, 0.4) is 0 Å². The van der Waals surface area contributed by atoms with Crippen LogP contribution in [-0.2, 0) is 19.0 Å². The van der Waals surface area contributed by atoms with E-state index in [9.17, 15) is 4.79 Å². The Kier molecular flexibility index (Phi) is 12.6. The lowest BCUT2D eigenvalue weighted by molar-refractivity contribution is -0.147. The van der Waals surface area contributed by atoms with Crippen molar-refractivity contribution in [2.24, 2.45) is 5.73 Å². The number of rotatable bonds is 16. The molecule has 5 heteroatoms. The number of Topliss-reactive ketones (excluding diaryl/α,β-unsaturated/α-hetero) is 1. The van der Waals surface area contributed by atoms with Crippen LogP contribution in [0.15, 0.2) is 0 Å². The molecule has 0 heterocycles. The molecule has 0 rings (SSSR count). The van der Waals surface area contributed by atoms with Crippen LogP contribution in [0.2, 0.25) is 0 Å². The smallest absolute Gasteiger partial charge is 0.177 e. The molecule has 26 heavy (non-hydrogen) atoms. The number of unbranched alkanes of at least 4 members (excludes halogenated alkanes) is 1. The third-order valence-corrected chi connectivity index (χ3v) is 5.34. The summed E-state index contributed by atoms with van der Waals surface area (Å²) < 4.78 is 18.1. The van der Waals surface area contributed by atoms with Crippen LogP contribution in [0.4, 0.5) is 0 Å². The van der Waals surface area contributed by atoms with E-state index in [0.29, 0.717) is 19.6 Å². The maximum absolute atomic E-state index is 12.0. The highest BCUT2D eigenvalue weighted by Gasteiger charge is 2.32. The maximum Gasteiger partial charge on any atom is 0.177 e. The first-order valence-corrected chi connectivity index (χ1v) is 10.3. The number of ether oxygens (including phenoxy) is 3. The van der Waals surface area contributed by atoms with Crippen molar-refractivity contribution >= 4 is 5.78 Å². The van der Waals surface area contributed by atoms with Crippen molar-refractivity contribution in [3.8, 4) is 0 Å². The Balaban J connectivity index is 4.40. The lowest BCUT2D eigenvalue weighted by atomic mass is 9.96. The van der Waals surface area contributed by atoms with E-state index in [1.807, 2.05) is 13.8 Å². The summed E-state index contributed by atoms with van der Waals surface area (Å²) in [6.07, 6.45) is 6.02. The normalized spacial score (nSPS) is 18.8. The van der Waals surface area contributed by atoms with E-state index >= 15 is 0 Å². The van der Waals surface area contributed by atoms with E-state index in [0.717, 1.165) is 19.3 Å². The fraction of sp³-hybridized carbons (Fsp3) is 0.952. The van der Waals surface area contributed by atoms with Gasteiger partial charge in [0.05, 0.1) is 37.6 Å². The van der Waals surface area contributed by atoms with Gasteiger partial charge in [-0.05, 0) is 53.4 Å². The molecule has 0 saturated carbocycles. The Labute approximate surface area is 161 Å². The molecule has 4 atom stereocenters. The molecule has 0 radical (unpaired) electrons. The van der Waals surface area contributed by atoms with Gasteiger partial charge < -0.3 is 19.9 Å². The molecule has 0 bridgehead atoms. The van der Waals surface area contributed by atoms with Gasteiger partial charge in [0.2, 0.25) is 0 Å². The average molecular weight is 374 g/mol. The van der Waals surface area contributed by atoms with Crippen molar-refractivity contribution < 1.29 is 19.0 Å². The Morgan fingerprint density at radius 1 is 1.04 bits per heavy atom. The zero-order valence-corrected chi connectivity index (χ0v) is 18.2. The molecule has 0 spiro atoms. The van der Waals surface area contributed by atoms with Gasteiger partial charge in [-0.25, -0.2) is 0 Å². The van der Waals surface area contributed by atoms with E-state index in [1.165, 1.54) is 12.8 Å². The molecule has 0 saturated heterocycles. The van der Waals surface area contributed by atoms with Crippen LogP contribution in [0.25, 0.3) is 0 Å². The second kappa shape index (κ2) is 12.8. The molecule has 0 fully saturated rings. The van der Waals surface area contributed by atoms with Gasteiger partial charge in [-0.15, -0.1) is 0 Å². The summed E-state index contributed by atoms with van der Waals surface area (Å²) in [6, 6.07) is 0. The zero-order chi connectivity index (χ0) is 20.2. The van der Waals surface area contributed by atoms with Gasteiger partial charge in [-0.3, -0.25) is 4.79 Å². The molecule has 2 N–H and O–H groups in total. The first-order valence-electron chi connectivity index (χ1n) is 10.3. The molecule has 0 aliphatic carbocycles. The summed E-state index contributed by atoms with van der Waals surface area (Å²) in [6.45, 7) is 15.4. The summed E-state index contributed by atoms with van der Waals surface area (Å²) in [5.74, 6) is -0.0535. The molecule has 156 valence electrons. The first-order chi connectivity index (χ1) is 12.2. The highest BCUT2D eigenvalue weighted by atomic mass is 16.6. The minimum Gasteiger partial charge on any atom is -0.373 e. The van der Waals surface area contributed by atoms with E-state index in [2.05, 4.69) is 34.6 Å². The highest BCUT2D eigenvalue weighted by molar-refractivity contribution is 5.88. The van der Waals surface area contributed by atoms with Gasteiger partial charge in [0.1, 0.15) is 5.60 Å². The van der Waals surface area contributed by atoms with Crippen molar-refractivity contribution in [2.45, 2.75) is 110 Å². The van der Waals surface area contributed by atoms with Crippen molar-refractivity contribution in [2.75, 3.05) is 19.8 Å². The zero-order valence-electron chi connectivity index (χ0n) is 18.2. The van der Waals surface area contributed by atoms with E-state index < -0.39 is 5.60 Å². The monoisotopic (exact) mass is 373 g/mol. The number of carbonyl (C=O) groups excluding carboxylic acids is 1. The van der Waals surface area contributed by atoms with Gasteiger partial charge in [0, 0.05) is 0 Å². The molecule has 5 nitrogen and oxygen atoms in total. The molecule has 0 aromatic heterocycles. The number of hydrogen-bond acceptors (Lipinski definition) is 5. The summed E-state index contributed by atoms with van der Waals surface area (Å²) >= 11 is 0. The Bertz CT molecular complexity index is 390. The third-order valence-electron chi connectivity index (χ3n) is 5.34. The fourth-order valence-corrected chi connectivity index (χ4v) is 2.75. The summed E-state index contributed by atoms with van der Waals surface area (Å²) in [5.41, 5.74) is 4.42. The van der Waals surface area contributed by atoms with Crippen molar-refractivity contribution in [1.29, 1.82) is 0 Å². The number of carbonyl (C=O) groups is 1. The molecular weight excluding hydrogens is 330 g/mol. The van der Waals surface area contributed by atoms with Crippen LogP contribution in [-0.4, -0.2) is 49.0 Å².